The number of benzene rings is 2. The van der Waals surface area contributed by atoms with Crippen LogP contribution in [0.5, 0.6) is 0 Å². The van der Waals surface area contributed by atoms with Crippen molar-refractivity contribution in [2.24, 2.45) is 0 Å². The Kier molecular flexibility index (Phi) is 5.77. The number of carbonyl (C=O) groups is 2. The number of halogens is 6. The normalized spacial score (nSPS) is 11.8. The van der Waals surface area contributed by atoms with Gasteiger partial charge in [0.15, 0.2) is 6.61 Å². The fourth-order valence-electron chi connectivity index (χ4n) is 2.01. The van der Waals surface area contributed by atoms with E-state index in [2.05, 4.69) is 4.74 Å². The van der Waals surface area contributed by atoms with Crippen molar-refractivity contribution in [3.8, 4) is 0 Å². The number of carbonyl (C=O) groups excluding carboxylic acids is 2. The van der Waals surface area contributed by atoms with Gasteiger partial charge in [-0.25, -0.2) is 4.79 Å². The van der Waals surface area contributed by atoms with E-state index in [-0.39, 0.29) is 11.6 Å². The van der Waals surface area contributed by atoms with Gasteiger partial charge in [0.1, 0.15) is 0 Å². The molecule has 0 unspecified atom stereocenters. The average Bonchev–Trinajstić information content (AvgIpc) is 2.58. The Bertz CT molecular complexity index is 799. The standard InChI is InChI=1S/C17H11F6NO3/c18-16(19,20)11-6-12(17(21,22)23)8-13(7-11)24-14(25)9-27-15(26)10-4-2-1-3-5-10/h1-8H,9H2,(H,24,25). The SMILES string of the molecule is O=C(COC(=O)c1ccccc1)Nc1cc(C(F)(F)F)cc(C(F)(F)F)c1. The van der Waals surface area contributed by atoms with Crippen LogP contribution in [0.3, 0.4) is 0 Å². The third-order valence-corrected chi connectivity index (χ3v) is 3.22. The van der Waals surface area contributed by atoms with E-state index in [1.165, 1.54) is 24.3 Å². The molecular formula is C17H11F6NO3. The number of hydrogen-bond donors (Lipinski definition) is 1. The molecule has 0 bridgehead atoms. The van der Waals surface area contributed by atoms with E-state index in [1.54, 1.807) is 6.07 Å². The lowest BCUT2D eigenvalue weighted by Crippen LogP contribution is -2.22. The lowest BCUT2D eigenvalue weighted by Gasteiger charge is -2.14. The van der Waals surface area contributed by atoms with E-state index in [4.69, 9.17) is 0 Å². The molecule has 4 nitrogen and oxygen atoms in total. The molecule has 0 fully saturated rings. The highest BCUT2D eigenvalue weighted by molar-refractivity contribution is 5.95. The summed E-state index contributed by atoms with van der Waals surface area (Å²) < 4.78 is 81.3. The van der Waals surface area contributed by atoms with E-state index < -0.39 is 47.7 Å². The molecule has 2 aromatic rings. The van der Waals surface area contributed by atoms with Crippen LogP contribution in [0, 0.1) is 0 Å². The number of alkyl halides is 6. The number of rotatable bonds is 4. The number of nitrogens with one attached hydrogen (secondary N) is 1. The summed E-state index contributed by atoms with van der Waals surface area (Å²) >= 11 is 0. The van der Waals surface area contributed by atoms with Gasteiger partial charge in [-0.1, -0.05) is 18.2 Å². The molecule has 27 heavy (non-hydrogen) atoms. The molecule has 0 heterocycles. The van der Waals surface area contributed by atoms with Crippen LogP contribution < -0.4 is 5.32 Å². The van der Waals surface area contributed by atoms with Crippen molar-refractivity contribution in [1.29, 1.82) is 0 Å². The van der Waals surface area contributed by atoms with Crippen molar-refractivity contribution in [2.45, 2.75) is 12.4 Å². The van der Waals surface area contributed by atoms with Crippen molar-refractivity contribution in [3.05, 3.63) is 65.2 Å². The van der Waals surface area contributed by atoms with Gasteiger partial charge in [-0.15, -0.1) is 0 Å². The highest BCUT2D eigenvalue weighted by Crippen LogP contribution is 2.37. The van der Waals surface area contributed by atoms with Crippen LogP contribution in [-0.2, 0) is 21.9 Å². The third-order valence-electron chi connectivity index (χ3n) is 3.22. The van der Waals surface area contributed by atoms with Crippen LogP contribution >= 0.6 is 0 Å². The predicted octanol–water partition coefficient (Wildman–Crippen LogP) is 4.52. The van der Waals surface area contributed by atoms with Crippen molar-refractivity contribution in [2.75, 3.05) is 11.9 Å². The Morgan fingerprint density at radius 2 is 1.37 bits per heavy atom. The second kappa shape index (κ2) is 7.68. The smallest absolute Gasteiger partial charge is 0.416 e. The fraction of sp³-hybridized carbons (Fsp3) is 0.176. The molecule has 0 saturated carbocycles. The van der Waals surface area contributed by atoms with Crippen molar-refractivity contribution in [1.82, 2.24) is 0 Å². The van der Waals surface area contributed by atoms with Crippen molar-refractivity contribution >= 4 is 17.6 Å². The van der Waals surface area contributed by atoms with Gasteiger partial charge in [-0.2, -0.15) is 26.3 Å². The maximum atomic E-state index is 12.8. The maximum Gasteiger partial charge on any atom is 0.416 e. The Labute approximate surface area is 148 Å². The molecule has 0 spiro atoms. The first-order valence-electron chi connectivity index (χ1n) is 7.28. The monoisotopic (exact) mass is 391 g/mol. The summed E-state index contributed by atoms with van der Waals surface area (Å²) in [5, 5.41) is 1.86. The molecule has 1 amide bonds. The zero-order valence-corrected chi connectivity index (χ0v) is 13.3. The summed E-state index contributed by atoms with van der Waals surface area (Å²) in [4.78, 5) is 23.4. The highest BCUT2D eigenvalue weighted by atomic mass is 19.4. The predicted molar refractivity (Wildman–Crippen MR) is 81.8 cm³/mol. The molecule has 0 aliphatic carbocycles. The summed E-state index contributed by atoms with van der Waals surface area (Å²) in [6.07, 6.45) is -10.1. The molecule has 10 heteroatoms. The quantitative estimate of drug-likeness (QED) is 0.616. The van der Waals surface area contributed by atoms with Gasteiger partial charge < -0.3 is 10.1 Å². The summed E-state index contributed by atoms with van der Waals surface area (Å²) in [6.45, 7) is -0.884. The first kappa shape index (κ1) is 20.3. The van der Waals surface area contributed by atoms with Crippen LogP contribution in [0.15, 0.2) is 48.5 Å². The summed E-state index contributed by atoms with van der Waals surface area (Å²) in [7, 11) is 0. The molecule has 0 radical (unpaired) electrons. The van der Waals surface area contributed by atoms with E-state index in [0.29, 0.717) is 12.1 Å². The number of amides is 1. The molecular weight excluding hydrogens is 380 g/mol. The molecule has 0 saturated heterocycles. The third kappa shape index (κ3) is 5.73. The second-order valence-corrected chi connectivity index (χ2v) is 5.28. The number of esters is 1. The second-order valence-electron chi connectivity index (χ2n) is 5.28. The summed E-state index contributed by atoms with van der Waals surface area (Å²) in [5.74, 6) is -1.96. The van der Waals surface area contributed by atoms with Crippen LogP contribution in [0.1, 0.15) is 21.5 Å². The Hall–Kier alpha value is -3.04. The molecule has 1 N–H and O–H groups in total. The minimum absolute atomic E-state index is 0.0644. The minimum atomic E-state index is -5.04. The molecule has 144 valence electrons. The first-order chi connectivity index (χ1) is 12.5. The average molecular weight is 391 g/mol. The van der Waals surface area contributed by atoms with Crippen LogP contribution in [0.4, 0.5) is 32.0 Å². The van der Waals surface area contributed by atoms with Crippen molar-refractivity contribution in [3.63, 3.8) is 0 Å². The number of anilines is 1. The molecule has 0 aromatic heterocycles. The maximum absolute atomic E-state index is 12.8. The molecule has 0 aliphatic heterocycles. The van der Waals surface area contributed by atoms with Gasteiger partial charge >= 0.3 is 18.3 Å². The van der Waals surface area contributed by atoms with E-state index >= 15 is 0 Å². The van der Waals surface area contributed by atoms with Gasteiger partial charge in [-0.05, 0) is 30.3 Å². The van der Waals surface area contributed by atoms with Crippen LogP contribution in [-0.4, -0.2) is 18.5 Å². The number of hydrogen-bond acceptors (Lipinski definition) is 3. The topological polar surface area (TPSA) is 55.4 Å². The van der Waals surface area contributed by atoms with Crippen LogP contribution in [0.25, 0.3) is 0 Å². The van der Waals surface area contributed by atoms with Gasteiger partial charge in [-0.3, -0.25) is 4.79 Å². The molecule has 0 atom stereocenters. The summed E-state index contributed by atoms with van der Waals surface area (Å²) in [5.41, 5.74) is -3.75. The van der Waals surface area contributed by atoms with E-state index in [9.17, 15) is 35.9 Å². The lowest BCUT2D eigenvalue weighted by atomic mass is 10.1. The Morgan fingerprint density at radius 3 is 1.85 bits per heavy atom. The van der Waals surface area contributed by atoms with Crippen LogP contribution in [0.2, 0.25) is 0 Å². The highest BCUT2D eigenvalue weighted by Gasteiger charge is 2.37. The summed E-state index contributed by atoms with van der Waals surface area (Å²) in [6, 6.07) is 8.17. The van der Waals surface area contributed by atoms with Gasteiger partial charge in [0, 0.05) is 5.69 Å². The first-order valence-corrected chi connectivity index (χ1v) is 7.28. The zero-order valence-electron chi connectivity index (χ0n) is 13.3. The molecule has 0 aliphatic rings. The minimum Gasteiger partial charge on any atom is -0.452 e. The molecule has 2 rings (SSSR count). The van der Waals surface area contributed by atoms with Gasteiger partial charge in [0.05, 0.1) is 16.7 Å². The fourth-order valence-corrected chi connectivity index (χ4v) is 2.01. The Balaban J connectivity index is 2.11. The Morgan fingerprint density at radius 1 is 0.852 bits per heavy atom. The van der Waals surface area contributed by atoms with Gasteiger partial charge in [0.2, 0.25) is 0 Å². The number of ether oxygens (including phenoxy) is 1. The zero-order chi connectivity index (χ0) is 20.2. The van der Waals surface area contributed by atoms with Gasteiger partial charge in [0.25, 0.3) is 5.91 Å². The lowest BCUT2D eigenvalue weighted by molar-refractivity contribution is -0.143. The van der Waals surface area contributed by atoms with Crippen molar-refractivity contribution < 1.29 is 40.7 Å². The van der Waals surface area contributed by atoms with E-state index in [1.807, 2.05) is 5.32 Å². The largest absolute Gasteiger partial charge is 0.452 e. The van der Waals surface area contributed by atoms with E-state index in [0.717, 1.165) is 0 Å². The molecule has 2 aromatic carbocycles.